The van der Waals surface area contributed by atoms with Crippen molar-refractivity contribution in [1.29, 1.82) is 0 Å². The second-order valence-corrected chi connectivity index (χ2v) is 5.92. The van der Waals surface area contributed by atoms with Crippen molar-refractivity contribution >= 4 is 44.6 Å². The van der Waals surface area contributed by atoms with Gasteiger partial charge in [-0.15, -0.1) is 11.3 Å². The first kappa shape index (κ1) is 11.9. The number of hydrogen-bond acceptors (Lipinski definition) is 3. The maximum atomic E-state index is 5.97. The van der Waals surface area contributed by atoms with Crippen LogP contribution in [-0.2, 0) is 6.54 Å². The molecule has 0 unspecified atom stereocenters. The number of nitrogens with zero attached hydrogens (tertiary/aromatic N) is 1. The highest BCUT2D eigenvalue weighted by Gasteiger charge is 2.04. The summed E-state index contributed by atoms with van der Waals surface area (Å²) in [4.78, 5) is 5.41. The fourth-order valence-electron chi connectivity index (χ4n) is 1.33. The molecule has 2 heterocycles. The number of nitrogens with one attached hydrogen (secondary N) is 1. The van der Waals surface area contributed by atoms with Crippen LogP contribution in [0.25, 0.3) is 0 Å². The van der Waals surface area contributed by atoms with Gasteiger partial charge in [-0.1, -0.05) is 11.6 Å². The summed E-state index contributed by atoms with van der Waals surface area (Å²) in [5.74, 6) is 0. The van der Waals surface area contributed by atoms with Gasteiger partial charge in [0, 0.05) is 22.1 Å². The average molecular weight is 318 g/mol. The molecule has 0 aliphatic rings. The first-order valence-corrected chi connectivity index (χ1v) is 6.75. The van der Waals surface area contributed by atoms with Gasteiger partial charge in [0.2, 0.25) is 0 Å². The summed E-state index contributed by atoms with van der Waals surface area (Å²) in [6.45, 7) is 2.75. The zero-order chi connectivity index (χ0) is 11.5. The molecule has 0 atom stereocenters. The average Bonchev–Trinajstić information content (AvgIpc) is 2.57. The molecule has 0 spiro atoms. The van der Waals surface area contributed by atoms with Crippen molar-refractivity contribution in [2.75, 3.05) is 5.32 Å². The lowest BCUT2D eigenvalue weighted by molar-refractivity contribution is 1.13. The Kier molecular flexibility index (Phi) is 3.84. The van der Waals surface area contributed by atoms with E-state index in [-0.39, 0.29) is 0 Å². The van der Waals surface area contributed by atoms with Gasteiger partial charge >= 0.3 is 0 Å². The minimum atomic E-state index is 0.766. The molecule has 0 aliphatic carbocycles. The third kappa shape index (κ3) is 2.75. The maximum absolute atomic E-state index is 5.97. The predicted molar refractivity (Wildman–Crippen MR) is 73.3 cm³/mol. The van der Waals surface area contributed by atoms with E-state index in [4.69, 9.17) is 11.6 Å². The molecule has 0 aromatic carbocycles. The number of thiophene rings is 1. The van der Waals surface area contributed by atoms with Gasteiger partial charge in [0.05, 0.1) is 11.4 Å². The van der Waals surface area contributed by atoms with E-state index in [0.29, 0.717) is 0 Å². The molecule has 0 radical (unpaired) electrons. The number of pyridine rings is 1. The largest absolute Gasteiger partial charge is 0.379 e. The third-order valence-corrected chi connectivity index (χ3v) is 4.63. The molecule has 2 aromatic heterocycles. The molecule has 0 saturated carbocycles. The summed E-state index contributed by atoms with van der Waals surface area (Å²) < 4.78 is 1.75. The van der Waals surface area contributed by atoms with Crippen LogP contribution in [0.5, 0.6) is 0 Å². The molecule has 2 rings (SSSR count). The van der Waals surface area contributed by atoms with Crippen LogP contribution >= 0.6 is 38.9 Å². The van der Waals surface area contributed by atoms with E-state index in [2.05, 4.69) is 26.2 Å². The molecule has 84 valence electrons. The summed E-state index contributed by atoms with van der Waals surface area (Å²) >= 11 is 10.9. The minimum absolute atomic E-state index is 0.766. The van der Waals surface area contributed by atoms with E-state index in [0.717, 1.165) is 26.7 Å². The fraction of sp³-hybridized carbons (Fsp3) is 0.182. The number of aryl methyl sites for hydroxylation is 1. The van der Waals surface area contributed by atoms with Gasteiger partial charge in [0.15, 0.2) is 0 Å². The quantitative estimate of drug-likeness (QED) is 0.903. The molecule has 2 aromatic rings. The first-order chi connectivity index (χ1) is 7.66. The van der Waals surface area contributed by atoms with E-state index >= 15 is 0 Å². The van der Waals surface area contributed by atoms with Gasteiger partial charge in [-0.3, -0.25) is 4.98 Å². The number of halogens is 2. The van der Waals surface area contributed by atoms with Crippen molar-refractivity contribution in [3.8, 4) is 0 Å². The van der Waals surface area contributed by atoms with E-state index in [9.17, 15) is 0 Å². The lowest BCUT2D eigenvalue weighted by atomic mass is 10.3. The van der Waals surface area contributed by atoms with Crippen molar-refractivity contribution in [3.05, 3.63) is 43.8 Å². The topological polar surface area (TPSA) is 24.9 Å². The van der Waals surface area contributed by atoms with Crippen LogP contribution in [-0.4, -0.2) is 4.98 Å². The fourth-order valence-corrected chi connectivity index (χ4v) is 3.06. The Hall–Kier alpha value is -0.580. The minimum Gasteiger partial charge on any atom is -0.379 e. The van der Waals surface area contributed by atoms with Crippen LogP contribution in [0.3, 0.4) is 0 Å². The van der Waals surface area contributed by atoms with Crippen LogP contribution < -0.4 is 5.32 Å². The first-order valence-electron chi connectivity index (χ1n) is 4.76. The van der Waals surface area contributed by atoms with Crippen LogP contribution in [0.15, 0.2) is 28.9 Å². The van der Waals surface area contributed by atoms with Gasteiger partial charge < -0.3 is 5.32 Å². The van der Waals surface area contributed by atoms with Crippen molar-refractivity contribution in [2.45, 2.75) is 13.5 Å². The Morgan fingerprint density at radius 1 is 1.56 bits per heavy atom. The number of rotatable bonds is 3. The van der Waals surface area contributed by atoms with Crippen LogP contribution in [0.4, 0.5) is 5.69 Å². The van der Waals surface area contributed by atoms with Crippen LogP contribution in [0.2, 0.25) is 4.34 Å². The van der Waals surface area contributed by atoms with Gasteiger partial charge in [-0.05, 0) is 41.1 Å². The Labute approximate surface area is 112 Å². The van der Waals surface area contributed by atoms with Gasteiger partial charge in [-0.25, -0.2) is 0 Å². The summed E-state index contributed by atoms with van der Waals surface area (Å²) in [5, 5.41) is 3.34. The molecule has 16 heavy (non-hydrogen) atoms. The van der Waals surface area contributed by atoms with Crippen LogP contribution in [0.1, 0.15) is 10.6 Å². The SMILES string of the molecule is Cc1ncccc1NCc1cc(Br)c(Cl)s1. The second kappa shape index (κ2) is 5.17. The number of anilines is 1. The van der Waals surface area contributed by atoms with Crippen molar-refractivity contribution in [3.63, 3.8) is 0 Å². The molecular weight excluding hydrogens is 308 g/mol. The molecule has 0 amide bonds. The predicted octanol–water partition coefficient (Wildman–Crippen LogP) is 4.48. The highest BCUT2D eigenvalue weighted by molar-refractivity contribution is 9.10. The summed E-state index contributed by atoms with van der Waals surface area (Å²) in [6, 6.07) is 5.98. The Morgan fingerprint density at radius 2 is 2.38 bits per heavy atom. The third-order valence-electron chi connectivity index (χ3n) is 2.16. The molecule has 1 N–H and O–H groups in total. The lowest BCUT2D eigenvalue weighted by Gasteiger charge is -2.06. The van der Waals surface area contributed by atoms with Crippen molar-refractivity contribution < 1.29 is 0 Å². The zero-order valence-corrected chi connectivity index (χ0v) is 11.8. The Bertz CT molecular complexity index is 479. The number of aromatic nitrogens is 1. The maximum Gasteiger partial charge on any atom is 0.107 e. The van der Waals surface area contributed by atoms with Crippen molar-refractivity contribution in [1.82, 2.24) is 4.98 Å². The van der Waals surface area contributed by atoms with E-state index in [1.54, 1.807) is 17.5 Å². The lowest BCUT2D eigenvalue weighted by Crippen LogP contribution is -2.00. The molecule has 0 fully saturated rings. The molecule has 5 heteroatoms. The molecule has 0 saturated heterocycles. The molecule has 0 aliphatic heterocycles. The van der Waals surface area contributed by atoms with E-state index in [1.807, 2.05) is 25.1 Å². The Morgan fingerprint density at radius 3 is 3.00 bits per heavy atom. The zero-order valence-electron chi connectivity index (χ0n) is 8.63. The van der Waals surface area contributed by atoms with E-state index < -0.39 is 0 Å². The highest BCUT2D eigenvalue weighted by atomic mass is 79.9. The highest BCUT2D eigenvalue weighted by Crippen LogP contribution is 2.32. The van der Waals surface area contributed by atoms with E-state index in [1.165, 1.54) is 4.88 Å². The second-order valence-electron chi connectivity index (χ2n) is 3.32. The molecule has 0 bridgehead atoms. The van der Waals surface area contributed by atoms with Crippen molar-refractivity contribution in [2.24, 2.45) is 0 Å². The van der Waals surface area contributed by atoms with Gasteiger partial charge in [-0.2, -0.15) is 0 Å². The summed E-state index contributed by atoms with van der Waals surface area (Å²) in [5.41, 5.74) is 2.06. The number of hydrogen-bond donors (Lipinski definition) is 1. The molecule has 2 nitrogen and oxygen atoms in total. The Balaban J connectivity index is 2.05. The van der Waals surface area contributed by atoms with Gasteiger partial charge in [0.25, 0.3) is 0 Å². The normalized spacial score (nSPS) is 10.4. The molecular formula is C11H10BrClN2S. The smallest absolute Gasteiger partial charge is 0.107 e. The van der Waals surface area contributed by atoms with Gasteiger partial charge in [0.1, 0.15) is 4.34 Å². The van der Waals surface area contributed by atoms with Crippen LogP contribution in [0, 0.1) is 6.92 Å². The standard InChI is InChI=1S/C11H10BrClN2S/c1-7-10(3-2-4-14-7)15-6-8-5-9(12)11(13)16-8/h2-5,15H,6H2,1H3. The summed E-state index contributed by atoms with van der Waals surface area (Å²) in [7, 11) is 0. The monoisotopic (exact) mass is 316 g/mol. The summed E-state index contributed by atoms with van der Waals surface area (Å²) in [6.07, 6.45) is 1.79.